The first kappa shape index (κ1) is 31.6. The predicted molar refractivity (Wildman–Crippen MR) is 149 cm³/mol. The Hall–Kier alpha value is -3.85. The van der Waals surface area contributed by atoms with Crippen LogP contribution in [0.3, 0.4) is 0 Å². The number of thioether (sulfide) groups is 1. The molecule has 1 aromatic heterocycles. The second-order valence-electron chi connectivity index (χ2n) is 10.2. The molecule has 4 aromatic rings. The van der Waals surface area contributed by atoms with E-state index in [9.17, 15) is 31.9 Å². The lowest BCUT2D eigenvalue weighted by Gasteiger charge is -2.41. The molecule has 0 saturated carbocycles. The zero-order valence-electron chi connectivity index (χ0n) is 23.4. The van der Waals surface area contributed by atoms with Gasteiger partial charge in [0.1, 0.15) is 11.9 Å². The summed E-state index contributed by atoms with van der Waals surface area (Å²) in [4.78, 5) is 12.3. The monoisotopic (exact) mass is 634 g/mol. The van der Waals surface area contributed by atoms with Gasteiger partial charge in [-0.15, -0.1) is 10.2 Å². The summed E-state index contributed by atoms with van der Waals surface area (Å²) in [6, 6.07) is 14.1. The van der Waals surface area contributed by atoms with E-state index >= 15 is 0 Å². The Kier molecular flexibility index (Phi) is 9.63. The minimum atomic E-state index is -2.34. The molecular weight excluding hydrogens is 607 g/mol. The number of nitrogens with one attached hydrogen (secondary N) is 1. The molecule has 4 atom stereocenters. The number of benzene rings is 3. The van der Waals surface area contributed by atoms with E-state index in [2.05, 4.69) is 15.5 Å². The number of aliphatic hydroxyl groups is 1. The highest BCUT2D eigenvalue weighted by molar-refractivity contribution is 7.99. The van der Waals surface area contributed by atoms with E-state index in [1.54, 1.807) is 35.2 Å². The number of aliphatic hydroxyl groups excluding tert-OH is 1. The molecule has 0 radical (unpaired) electrons. The lowest BCUT2D eigenvalue weighted by Crippen LogP contribution is -2.38. The van der Waals surface area contributed by atoms with E-state index in [0.717, 1.165) is 16.3 Å². The highest BCUT2D eigenvalue weighted by Crippen LogP contribution is 2.43. The van der Waals surface area contributed by atoms with Gasteiger partial charge in [-0.3, -0.25) is 4.79 Å². The van der Waals surface area contributed by atoms with E-state index in [-0.39, 0.29) is 31.3 Å². The second kappa shape index (κ2) is 13.4. The van der Waals surface area contributed by atoms with Gasteiger partial charge in [0.15, 0.2) is 34.7 Å². The number of hydrogen-bond acceptors (Lipinski definition) is 7. The van der Waals surface area contributed by atoms with Gasteiger partial charge in [-0.2, -0.15) is 0 Å². The Morgan fingerprint density at radius 1 is 0.909 bits per heavy atom. The van der Waals surface area contributed by atoms with Crippen molar-refractivity contribution in [1.29, 1.82) is 0 Å². The molecule has 0 bridgehead atoms. The van der Waals surface area contributed by atoms with E-state index in [1.807, 2.05) is 38.2 Å². The van der Waals surface area contributed by atoms with Crippen LogP contribution in [0.2, 0.25) is 0 Å². The molecule has 1 aliphatic heterocycles. The SMILES string of the molecule is C[C@@H]1[C@H](CSc2nncn2C)O[C@H](c2ccc(CNC(=O)c3c(F)c(F)c(F)c(F)c3F)cc2)O[C@@H]1c1ccc(CO)cc1. The van der Waals surface area contributed by atoms with E-state index in [0.29, 0.717) is 16.9 Å². The van der Waals surface area contributed by atoms with E-state index < -0.39 is 46.8 Å². The first-order valence-corrected chi connectivity index (χ1v) is 14.4. The number of aryl methyl sites for hydroxylation is 1. The van der Waals surface area contributed by atoms with Gasteiger partial charge in [0.05, 0.1) is 18.8 Å². The van der Waals surface area contributed by atoms with Crippen LogP contribution in [0.4, 0.5) is 22.0 Å². The molecule has 0 spiro atoms. The number of aromatic nitrogens is 3. The van der Waals surface area contributed by atoms with Crippen LogP contribution in [0.15, 0.2) is 60.0 Å². The maximum atomic E-state index is 14.0. The molecule has 3 aromatic carbocycles. The fourth-order valence-electron chi connectivity index (χ4n) is 4.74. The quantitative estimate of drug-likeness (QED) is 0.108. The van der Waals surface area contributed by atoms with Crippen LogP contribution in [0.5, 0.6) is 0 Å². The molecule has 232 valence electrons. The molecule has 0 unspecified atom stereocenters. The van der Waals surface area contributed by atoms with Crippen molar-refractivity contribution in [2.75, 3.05) is 5.75 Å². The molecule has 1 fully saturated rings. The second-order valence-corrected chi connectivity index (χ2v) is 11.2. The van der Waals surface area contributed by atoms with Gasteiger partial charge in [-0.05, 0) is 16.7 Å². The van der Waals surface area contributed by atoms with Crippen molar-refractivity contribution in [1.82, 2.24) is 20.1 Å². The van der Waals surface area contributed by atoms with Crippen molar-refractivity contribution in [2.24, 2.45) is 13.0 Å². The third kappa shape index (κ3) is 6.48. The zero-order valence-corrected chi connectivity index (χ0v) is 24.3. The maximum Gasteiger partial charge on any atom is 0.257 e. The van der Waals surface area contributed by atoms with Gasteiger partial charge in [-0.1, -0.05) is 67.2 Å². The molecule has 0 aliphatic carbocycles. The van der Waals surface area contributed by atoms with Gasteiger partial charge in [0.25, 0.3) is 5.91 Å². The average Bonchev–Trinajstić information content (AvgIpc) is 3.46. The number of hydrogen-bond donors (Lipinski definition) is 2. The third-order valence-electron chi connectivity index (χ3n) is 7.31. The van der Waals surface area contributed by atoms with Gasteiger partial charge in [0, 0.05) is 30.8 Å². The minimum Gasteiger partial charge on any atom is -0.392 e. The lowest BCUT2D eigenvalue weighted by atomic mass is 9.91. The summed E-state index contributed by atoms with van der Waals surface area (Å²) in [5.41, 5.74) is 1.25. The number of rotatable bonds is 9. The Labute approximate surface area is 253 Å². The van der Waals surface area contributed by atoms with Gasteiger partial charge in [-0.25, -0.2) is 22.0 Å². The van der Waals surface area contributed by atoms with E-state index in [4.69, 9.17) is 9.47 Å². The average molecular weight is 635 g/mol. The van der Waals surface area contributed by atoms with Crippen molar-refractivity contribution in [3.8, 4) is 0 Å². The molecule has 44 heavy (non-hydrogen) atoms. The lowest BCUT2D eigenvalue weighted by molar-refractivity contribution is -0.268. The Morgan fingerprint density at radius 3 is 2.09 bits per heavy atom. The number of carbonyl (C=O) groups is 1. The Balaban J connectivity index is 1.31. The summed E-state index contributed by atoms with van der Waals surface area (Å²) in [6.45, 7) is 1.69. The van der Waals surface area contributed by atoms with Crippen LogP contribution in [-0.2, 0) is 29.7 Å². The van der Waals surface area contributed by atoms with Gasteiger partial charge < -0.3 is 24.5 Å². The van der Waals surface area contributed by atoms with Crippen LogP contribution < -0.4 is 5.32 Å². The smallest absolute Gasteiger partial charge is 0.257 e. The molecule has 1 saturated heterocycles. The van der Waals surface area contributed by atoms with Crippen molar-refractivity contribution in [3.63, 3.8) is 0 Å². The summed E-state index contributed by atoms with van der Waals surface area (Å²) < 4.78 is 83.0. The highest BCUT2D eigenvalue weighted by atomic mass is 32.2. The van der Waals surface area contributed by atoms with Crippen molar-refractivity contribution < 1.29 is 41.3 Å². The van der Waals surface area contributed by atoms with Crippen LogP contribution in [0.1, 0.15) is 51.9 Å². The molecule has 2 heterocycles. The Morgan fingerprint density at radius 2 is 1.50 bits per heavy atom. The Bertz CT molecular complexity index is 1610. The van der Waals surface area contributed by atoms with Gasteiger partial charge in [0.2, 0.25) is 5.82 Å². The highest BCUT2D eigenvalue weighted by Gasteiger charge is 2.38. The van der Waals surface area contributed by atoms with Crippen LogP contribution >= 0.6 is 11.8 Å². The number of carbonyl (C=O) groups excluding carboxylic acids is 1. The minimum absolute atomic E-state index is 0.0663. The number of amides is 1. The molecule has 1 aliphatic rings. The molecular formula is C30H27F5N4O4S. The summed E-state index contributed by atoms with van der Waals surface area (Å²) in [6.07, 6.45) is 0.207. The van der Waals surface area contributed by atoms with Crippen molar-refractivity contribution >= 4 is 17.7 Å². The molecule has 1 amide bonds. The standard InChI is InChI=1S/C30H27F5N4O4S/c1-15-20(13-44-30-38-37-14-39(30)2)42-29(43-27(15)18-7-5-17(12-40)6-8-18)19-9-3-16(4-10-19)11-36-28(41)21-22(31)24(33)26(35)25(34)23(21)32/h3-10,14-15,20,27,29,40H,11-13H2,1-2H3,(H,36,41)/t15-,20+,27+,29+/m1/s1. The molecule has 14 heteroatoms. The van der Waals surface area contributed by atoms with Crippen molar-refractivity contribution in [3.05, 3.63) is 112 Å². The summed E-state index contributed by atoms with van der Waals surface area (Å²) in [5, 5.41) is 20.4. The largest absolute Gasteiger partial charge is 0.392 e. The summed E-state index contributed by atoms with van der Waals surface area (Å²) >= 11 is 1.49. The van der Waals surface area contributed by atoms with Crippen LogP contribution in [0, 0.1) is 35.0 Å². The number of ether oxygens (including phenoxy) is 2. The predicted octanol–water partition coefficient (Wildman–Crippen LogP) is 5.52. The van der Waals surface area contributed by atoms with E-state index in [1.165, 1.54) is 11.8 Å². The summed E-state index contributed by atoms with van der Waals surface area (Å²) in [7, 11) is 1.85. The molecule has 8 nitrogen and oxygen atoms in total. The first-order valence-electron chi connectivity index (χ1n) is 13.4. The normalized spacial score (nSPS) is 20.1. The maximum absolute atomic E-state index is 14.0. The van der Waals surface area contributed by atoms with Crippen LogP contribution in [0.25, 0.3) is 0 Å². The molecule has 2 N–H and O–H groups in total. The fourth-order valence-corrected chi connectivity index (χ4v) is 5.79. The number of halogens is 5. The molecule has 5 rings (SSSR count). The first-order chi connectivity index (χ1) is 21.1. The number of nitrogens with zero attached hydrogens (tertiary/aromatic N) is 3. The zero-order chi connectivity index (χ0) is 31.5. The third-order valence-corrected chi connectivity index (χ3v) is 8.43. The van der Waals surface area contributed by atoms with Gasteiger partial charge >= 0.3 is 0 Å². The fraction of sp³-hybridized carbons (Fsp3) is 0.300. The topological polar surface area (TPSA) is 98.5 Å². The van der Waals surface area contributed by atoms with Crippen molar-refractivity contribution in [2.45, 2.75) is 43.7 Å². The van der Waals surface area contributed by atoms with Crippen LogP contribution in [-0.4, -0.2) is 37.6 Å². The summed E-state index contributed by atoms with van der Waals surface area (Å²) in [5.74, 6) is -12.1.